The highest BCUT2D eigenvalue weighted by atomic mass is 35.5. The first kappa shape index (κ1) is 45.2. The molecular formula is C49H54ClN7O8S. The van der Waals surface area contributed by atoms with Crippen LogP contribution in [0.3, 0.4) is 0 Å². The number of carbonyl (C=O) groups is 2. The molecule has 0 unspecified atom stereocenters. The lowest BCUT2D eigenvalue weighted by Gasteiger charge is -2.39. The summed E-state index contributed by atoms with van der Waals surface area (Å²) in [5, 5.41) is 13.9. The number of amides is 2. The van der Waals surface area contributed by atoms with E-state index in [0.717, 1.165) is 73.9 Å². The Kier molecular flexibility index (Phi) is 12.6. The number of allylic oxidation sites excluding steroid dienone is 1. The van der Waals surface area contributed by atoms with Gasteiger partial charge in [-0.15, -0.1) is 0 Å². The van der Waals surface area contributed by atoms with Gasteiger partial charge in [-0.25, -0.2) is 18.1 Å². The van der Waals surface area contributed by atoms with Crippen LogP contribution in [0, 0.1) is 27.4 Å². The molecule has 0 saturated carbocycles. The average molecular weight is 937 g/mol. The molecule has 2 saturated heterocycles. The molecule has 2 amide bonds. The number of rotatable bonds is 11. The van der Waals surface area contributed by atoms with Crippen LogP contribution in [-0.4, -0.2) is 97.3 Å². The highest BCUT2D eigenvalue weighted by Gasteiger charge is 2.37. The fourth-order valence-electron chi connectivity index (χ4n) is 9.98. The third kappa shape index (κ3) is 9.76. The molecule has 15 nitrogen and oxygen atoms in total. The summed E-state index contributed by atoms with van der Waals surface area (Å²) >= 11 is 6.25. The van der Waals surface area contributed by atoms with Crippen LogP contribution >= 0.6 is 11.6 Å². The van der Waals surface area contributed by atoms with Crippen molar-refractivity contribution in [1.29, 1.82) is 0 Å². The van der Waals surface area contributed by atoms with Crippen LogP contribution in [0.2, 0.25) is 5.02 Å². The van der Waals surface area contributed by atoms with Gasteiger partial charge >= 0.3 is 0 Å². The number of hydrogen-bond acceptors (Lipinski definition) is 11. The first-order valence-corrected chi connectivity index (χ1v) is 24.4. The molecule has 1 aliphatic carbocycles. The molecule has 346 valence electrons. The number of ether oxygens (including phenoxy) is 2. The Hall–Kier alpha value is -5.97. The lowest BCUT2D eigenvalue weighted by atomic mass is 9.72. The predicted molar refractivity (Wildman–Crippen MR) is 253 cm³/mol. The number of piperazine rings is 1. The fraction of sp³-hybridized carbons (Fsp3) is 0.408. The van der Waals surface area contributed by atoms with E-state index < -0.39 is 31.4 Å². The molecule has 0 bridgehead atoms. The Morgan fingerprint density at radius 3 is 2.48 bits per heavy atom. The Balaban J connectivity index is 0.935. The van der Waals surface area contributed by atoms with Crippen molar-refractivity contribution >= 4 is 61.4 Å². The minimum absolute atomic E-state index is 0.0186. The second-order valence-electron chi connectivity index (χ2n) is 18.8. The molecule has 5 aromatic rings. The smallest absolute Gasteiger partial charge is 0.277 e. The standard InChI is InChI=1S/C49H54ClN7O8S/c1-31(58)55-16-12-32(13-17-55)36-23-42-44(57(60)61)25-40(26-45(42)64-30-36)66(62,63)53-48(59)41-9-8-38(24-46(41)65-39-22-34-11-15-51-47(34)52-28-39)56-20-18-54(19-21-56)29-35-10-14-49(2,3)27-43(35)33-4-6-37(50)7-5-33/h4-9,11,15,22,24-26,28,32,36H,10,12-14,16-21,23,27,29-30H2,1-3H3,(H,51,52)(H,53,59)/t36-/m1/s1. The molecule has 2 aromatic heterocycles. The monoisotopic (exact) mass is 935 g/mol. The van der Waals surface area contributed by atoms with Gasteiger partial charge in [0.2, 0.25) is 5.91 Å². The van der Waals surface area contributed by atoms with Crippen molar-refractivity contribution in [2.24, 2.45) is 17.3 Å². The van der Waals surface area contributed by atoms with Crippen LogP contribution < -0.4 is 19.1 Å². The van der Waals surface area contributed by atoms with E-state index in [4.69, 9.17) is 21.1 Å². The van der Waals surface area contributed by atoms with Crippen LogP contribution in [0.5, 0.6) is 17.2 Å². The van der Waals surface area contributed by atoms with E-state index in [9.17, 15) is 28.1 Å². The summed E-state index contributed by atoms with van der Waals surface area (Å²) in [7, 11) is -4.65. The number of nitro groups is 1. The molecule has 2 fully saturated rings. The van der Waals surface area contributed by atoms with Crippen molar-refractivity contribution in [3.63, 3.8) is 0 Å². The maximum Gasteiger partial charge on any atom is 0.277 e. The number of piperidine rings is 1. The van der Waals surface area contributed by atoms with Gasteiger partial charge in [-0.3, -0.25) is 24.6 Å². The van der Waals surface area contributed by atoms with Gasteiger partial charge in [0, 0.05) is 99.1 Å². The molecule has 5 heterocycles. The molecule has 1 atom stereocenters. The van der Waals surface area contributed by atoms with Gasteiger partial charge in [-0.1, -0.05) is 43.2 Å². The van der Waals surface area contributed by atoms with Gasteiger partial charge in [0.15, 0.2) is 0 Å². The van der Waals surface area contributed by atoms with Crippen molar-refractivity contribution in [2.45, 2.75) is 64.2 Å². The topological polar surface area (TPSA) is 180 Å². The fourth-order valence-corrected chi connectivity index (χ4v) is 11.1. The zero-order valence-corrected chi connectivity index (χ0v) is 38.9. The minimum atomic E-state index is -4.65. The van der Waals surface area contributed by atoms with Gasteiger partial charge < -0.3 is 24.3 Å². The molecule has 3 aliphatic heterocycles. The first-order valence-electron chi connectivity index (χ1n) is 22.5. The second-order valence-corrected chi connectivity index (χ2v) is 20.9. The largest absolute Gasteiger partial charge is 0.493 e. The number of pyridine rings is 1. The number of fused-ring (bicyclic) bond motifs is 2. The molecule has 4 aliphatic rings. The number of aromatic nitrogens is 2. The molecule has 9 rings (SSSR count). The van der Waals surface area contributed by atoms with E-state index in [1.54, 1.807) is 36.2 Å². The summed E-state index contributed by atoms with van der Waals surface area (Å²) in [6.45, 7) is 11.6. The van der Waals surface area contributed by atoms with Crippen LogP contribution in [0.4, 0.5) is 11.4 Å². The average Bonchev–Trinajstić information content (AvgIpc) is 3.77. The van der Waals surface area contributed by atoms with Crippen molar-refractivity contribution < 1.29 is 32.4 Å². The predicted octanol–water partition coefficient (Wildman–Crippen LogP) is 8.63. The Morgan fingerprint density at radius 2 is 1.76 bits per heavy atom. The lowest BCUT2D eigenvalue weighted by molar-refractivity contribution is -0.386. The summed E-state index contributed by atoms with van der Waals surface area (Å²) in [5.74, 6) is -0.255. The Morgan fingerprint density at radius 1 is 1.00 bits per heavy atom. The second kappa shape index (κ2) is 18.4. The van der Waals surface area contributed by atoms with E-state index in [2.05, 4.69) is 50.5 Å². The van der Waals surface area contributed by atoms with Crippen LogP contribution in [0.1, 0.15) is 74.4 Å². The summed E-state index contributed by atoms with van der Waals surface area (Å²) < 4.78 is 42.5. The van der Waals surface area contributed by atoms with E-state index in [1.807, 2.05) is 18.2 Å². The Bertz CT molecular complexity index is 2830. The van der Waals surface area contributed by atoms with E-state index in [1.165, 1.54) is 35.0 Å². The van der Waals surface area contributed by atoms with Gasteiger partial charge in [0.1, 0.15) is 22.9 Å². The van der Waals surface area contributed by atoms with Gasteiger partial charge in [-0.05, 0) is 97.4 Å². The lowest BCUT2D eigenvalue weighted by Crippen LogP contribution is -2.47. The maximum atomic E-state index is 14.1. The van der Waals surface area contributed by atoms with Crippen LogP contribution in [0.25, 0.3) is 16.6 Å². The molecule has 2 N–H and O–H groups in total. The molecule has 0 spiro atoms. The van der Waals surface area contributed by atoms with Gasteiger partial charge in [-0.2, -0.15) is 0 Å². The minimum Gasteiger partial charge on any atom is -0.493 e. The Labute approximate surface area is 389 Å². The first-order chi connectivity index (χ1) is 31.6. The quantitative estimate of drug-likeness (QED) is 0.0956. The number of sulfonamides is 1. The third-order valence-corrected chi connectivity index (χ3v) is 15.4. The molecule has 17 heteroatoms. The SMILES string of the molecule is CC(=O)N1CCC([C@H]2COc3cc(S(=O)(=O)NC(=O)c4ccc(N5CCN(CC6=C(c7ccc(Cl)cc7)CC(C)(C)CC6)CC5)cc4Oc4cnc5[nH]ccc5c4)cc([N+](=O)[O-])c3C2)CC1. The van der Waals surface area contributed by atoms with Gasteiger partial charge in [0.25, 0.3) is 21.6 Å². The molecule has 66 heavy (non-hydrogen) atoms. The number of benzene rings is 3. The zero-order valence-electron chi connectivity index (χ0n) is 37.3. The summed E-state index contributed by atoms with van der Waals surface area (Å²) in [4.78, 5) is 51.3. The van der Waals surface area contributed by atoms with Crippen molar-refractivity contribution in [2.75, 3.05) is 57.3 Å². The highest BCUT2D eigenvalue weighted by molar-refractivity contribution is 7.90. The number of nitrogens with zero attached hydrogens (tertiary/aromatic N) is 5. The number of carbonyl (C=O) groups excluding carboxylic acids is 2. The molecular weight excluding hydrogens is 882 g/mol. The summed E-state index contributed by atoms with van der Waals surface area (Å²) in [6, 6.07) is 19.1. The van der Waals surface area contributed by atoms with Gasteiger partial charge in [0.05, 0.1) is 33.7 Å². The van der Waals surface area contributed by atoms with Crippen molar-refractivity contribution in [3.8, 4) is 17.2 Å². The van der Waals surface area contributed by atoms with E-state index in [0.29, 0.717) is 49.6 Å². The summed E-state index contributed by atoms with van der Waals surface area (Å²) in [6.07, 6.45) is 8.28. The zero-order chi connectivity index (χ0) is 46.3. The maximum absolute atomic E-state index is 14.1. The third-order valence-electron chi connectivity index (χ3n) is 13.8. The molecule has 0 radical (unpaired) electrons. The number of anilines is 1. The van der Waals surface area contributed by atoms with Crippen LogP contribution in [-0.2, 0) is 21.2 Å². The van der Waals surface area contributed by atoms with Crippen LogP contribution in [0.15, 0.2) is 89.6 Å². The number of halogens is 1. The number of hydrogen-bond donors (Lipinski definition) is 2. The number of nitrogens with one attached hydrogen (secondary N) is 2. The summed E-state index contributed by atoms with van der Waals surface area (Å²) in [5.41, 5.74) is 5.62. The van der Waals surface area contributed by atoms with E-state index >= 15 is 0 Å². The number of nitro benzene ring substituents is 1. The number of aromatic amines is 1. The number of H-pyrrole nitrogens is 1. The molecule has 3 aromatic carbocycles. The normalized spacial score (nSPS) is 19.3. The van der Waals surface area contributed by atoms with E-state index in [-0.39, 0.29) is 46.8 Å². The van der Waals surface area contributed by atoms with Crippen molar-refractivity contribution in [3.05, 3.63) is 117 Å². The number of likely N-dealkylation sites (tertiary alicyclic amines) is 1. The van der Waals surface area contributed by atoms with Crippen molar-refractivity contribution in [1.82, 2.24) is 24.5 Å². The highest BCUT2D eigenvalue weighted by Crippen LogP contribution is 2.44.